The van der Waals surface area contributed by atoms with Crippen LogP contribution in [0.5, 0.6) is 5.75 Å². The van der Waals surface area contributed by atoms with Gasteiger partial charge in [-0.25, -0.2) is 14.8 Å². The number of nitrogens with zero attached hydrogens (tertiary/aromatic N) is 5. The molecular formula is C25H29N5O5. The highest BCUT2D eigenvalue weighted by Crippen LogP contribution is 2.39. The second-order valence-corrected chi connectivity index (χ2v) is 8.84. The standard InChI is InChI=1S/C25H29N5O5/c1-4-34-21-20(25(33)35-5-2)27-22(28(3)24(21)32)23-26-17-12-11-16(29-13-7-10-19(29)31)14-18(17)30(23)15-8-6-9-15/h11-12,14-15H,4-10,13H2,1-3H3. The Morgan fingerprint density at radius 3 is 2.51 bits per heavy atom. The number of aromatic nitrogens is 4. The van der Waals surface area contributed by atoms with E-state index in [1.807, 2.05) is 18.2 Å². The number of carbonyl (C=O) groups is 2. The van der Waals surface area contributed by atoms with Crippen LogP contribution in [-0.4, -0.2) is 50.7 Å². The van der Waals surface area contributed by atoms with Gasteiger partial charge in [0, 0.05) is 31.7 Å². The maximum atomic E-state index is 13.2. The summed E-state index contributed by atoms with van der Waals surface area (Å²) in [6.45, 7) is 4.49. The van der Waals surface area contributed by atoms with E-state index in [0.717, 1.165) is 42.4 Å². The van der Waals surface area contributed by atoms with Crippen LogP contribution in [0.4, 0.5) is 5.69 Å². The van der Waals surface area contributed by atoms with Crippen LogP contribution in [0.1, 0.15) is 62.5 Å². The molecule has 1 saturated carbocycles. The fourth-order valence-corrected chi connectivity index (χ4v) is 4.74. The third-order valence-electron chi connectivity index (χ3n) is 6.70. The molecule has 0 radical (unpaired) electrons. The molecule has 0 N–H and O–H groups in total. The molecule has 3 aromatic rings. The molecule has 184 valence electrons. The molecule has 0 unspecified atom stereocenters. The van der Waals surface area contributed by atoms with Gasteiger partial charge in [0.1, 0.15) is 0 Å². The van der Waals surface area contributed by atoms with Crippen molar-refractivity contribution in [3.05, 3.63) is 34.2 Å². The zero-order valence-electron chi connectivity index (χ0n) is 20.2. The smallest absolute Gasteiger partial charge is 0.361 e. The zero-order valence-corrected chi connectivity index (χ0v) is 20.2. The Hall–Kier alpha value is -3.69. The van der Waals surface area contributed by atoms with Crippen molar-refractivity contribution in [2.24, 2.45) is 7.05 Å². The van der Waals surface area contributed by atoms with E-state index in [0.29, 0.717) is 18.8 Å². The summed E-state index contributed by atoms with van der Waals surface area (Å²) in [5.74, 6) is 0.0505. The van der Waals surface area contributed by atoms with Crippen molar-refractivity contribution in [2.45, 2.75) is 52.0 Å². The van der Waals surface area contributed by atoms with Crippen LogP contribution in [0.15, 0.2) is 23.0 Å². The predicted molar refractivity (Wildman–Crippen MR) is 130 cm³/mol. The quantitative estimate of drug-likeness (QED) is 0.479. The zero-order chi connectivity index (χ0) is 24.7. The van der Waals surface area contributed by atoms with E-state index >= 15 is 0 Å². The van der Waals surface area contributed by atoms with Crippen LogP contribution in [0.2, 0.25) is 0 Å². The Balaban J connectivity index is 1.72. The summed E-state index contributed by atoms with van der Waals surface area (Å²) in [6.07, 6.45) is 4.44. The number of amides is 1. The van der Waals surface area contributed by atoms with Gasteiger partial charge in [0.25, 0.3) is 5.56 Å². The van der Waals surface area contributed by atoms with Crippen LogP contribution in [0.25, 0.3) is 22.7 Å². The fraction of sp³-hybridized carbons (Fsp3) is 0.480. The van der Waals surface area contributed by atoms with Crippen molar-refractivity contribution in [1.82, 2.24) is 19.1 Å². The van der Waals surface area contributed by atoms with Crippen molar-refractivity contribution < 1.29 is 19.1 Å². The minimum atomic E-state index is -0.712. The first-order chi connectivity index (χ1) is 16.9. The maximum absolute atomic E-state index is 13.2. The number of hydrogen-bond donors (Lipinski definition) is 0. The van der Waals surface area contributed by atoms with Crippen LogP contribution in [-0.2, 0) is 16.6 Å². The third-order valence-corrected chi connectivity index (χ3v) is 6.70. The van der Waals surface area contributed by atoms with Gasteiger partial charge in [-0.05, 0) is 57.7 Å². The minimum absolute atomic E-state index is 0.119. The summed E-state index contributed by atoms with van der Waals surface area (Å²) in [7, 11) is 1.60. The van der Waals surface area contributed by atoms with Gasteiger partial charge < -0.3 is 18.9 Å². The van der Waals surface area contributed by atoms with Gasteiger partial charge in [-0.1, -0.05) is 0 Å². The van der Waals surface area contributed by atoms with Gasteiger partial charge in [0.15, 0.2) is 17.3 Å². The van der Waals surface area contributed by atoms with Gasteiger partial charge in [-0.15, -0.1) is 0 Å². The number of rotatable bonds is 7. The van der Waals surface area contributed by atoms with Crippen molar-refractivity contribution in [2.75, 3.05) is 24.7 Å². The molecule has 1 aliphatic heterocycles. The highest BCUT2D eigenvalue weighted by Gasteiger charge is 2.31. The molecule has 35 heavy (non-hydrogen) atoms. The predicted octanol–water partition coefficient (Wildman–Crippen LogP) is 3.22. The van der Waals surface area contributed by atoms with E-state index in [-0.39, 0.29) is 42.4 Å². The molecule has 10 nitrogen and oxygen atoms in total. The summed E-state index contributed by atoms with van der Waals surface area (Å²) in [5, 5.41) is 0. The lowest BCUT2D eigenvalue weighted by molar-refractivity contribution is -0.117. The SMILES string of the molecule is CCOC(=O)c1nc(-c2nc3ccc(N4CCCC4=O)cc3n2C2CCC2)n(C)c(=O)c1OCC. The average molecular weight is 480 g/mol. The maximum Gasteiger partial charge on any atom is 0.361 e. The molecule has 0 spiro atoms. The van der Waals surface area contributed by atoms with Crippen molar-refractivity contribution in [1.29, 1.82) is 0 Å². The van der Waals surface area contributed by atoms with Crippen molar-refractivity contribution in [3.63, 3.8) is 0 Å². The largest absolute Gasteiger partial charge is 0.486 e. The highest BCUT2D eigenvalue weighted by atomic mass is 16.5. The Labute approximate surface area is 202 Å². The summed E-state index contributed by atoms with van der Waals surface area (Å²) in [4.78, 5) is 49.5. The van der Waals surface area contributed by atoms with Gasteiger partial charge >= 0.3 is 5.97 Å². The second kappa shape index (κ2) is 9.16. The molecule has 1 aliphatic carbocycles. The Kier molecular flexibility index (Phi) is 6.04. The van der Waals surface area contributed by atoms with E-state index in [1.165, 1.54) is 4.57 Å². The fourth-order valence-electron chi connectivity index (χ4n) is 4.74. The lowest BCUT2D eigenvalue weighted by atomic mass is 9.92. The summed E-state index contributed by atoms with van der Waals surface area (Å²) < 4.78 is 14.1. The van der Waals surface area contributed by atoms with E-state index in [4.69, 9.17) is 14.5 Å². The highest BCUT2D eigenvalue weighted by molar-refractivity contribution is 5.97. The van der Waals surface area contributed by atoms with Gasteiger partial charge in [0.2, 0.25) is 11.7 Å². The first kappa shape index (κ1) is 23.1. The molecule has 1 saturated heterocycles. The Bertz CT molecular complexity index is 1370. The number of imidazole rings is 1. The van der Waals surface area contributed by atoms with E-state index in [9.17, 15) is 14.4 Å². The number of carbonyl (C=O) groups excluding carboxylic acids is 2. The molecule has 1 aromatic carbocycles. The Morgan fingerprint density at radius 1 is 1.09 bits per heavy atom. The van der Waals surface area contributed by atoms with Gasteiger partial charge in [-0.2, -0.15) is 0 Å². The second-order valence-electron chi connectivity index (χ2n) is 8.84. The van der Waals surface area contributed by atoms with Crippen LogP contribution in [0, 0.1) is 0 Å². The van der Waals surface area contributed by atoms with E-state index in [2.05, 4.69) is 9.55 Å². The summed E-state index contributed by atoms with van der Waals surface area (Å²) in [5.41, 5.74) is 1.83. The van der Waals surface area contributed by atoms with Gasteiger partial charge in [0.05, 0.1) is 24.2 Å². The van der Waals surface area contributed by atoms with Crippen LogP contribution in [0.3, 0.4) is 0 Å². The van der Waals surface area contributed by atoms with Crippen molar-refractivity contribution >= 4 is 28.6 Å². The molecule has 0 bridgehead atoms. The first-order valence-electron chi connectivity index (χ1n) is 12.2. The monoisotopic (exact) mass is 479 g/mol. The van der Waals surface area contributed by atoms with Crippen LogP contribution >= 0.6 is 0 Å². The lowest BCUT2D eigenvalue weighted by Gasteiger charge is -2.29. The average Bonchev–Trinajstić information content (AvgIpc) is 3.40. The number of benzene rings is 1. The summed E-state index contributed by atoms with van der Waals surface area (Å²) >= 11 is 0. The molecule has 5 rings (SSSR count). The molecule has 2 fully saturated rings. The minimum Gasteiger partial charge on any atom is -0.486 e. The molecule has 2 aromatic heterocycles. The molecule has 3 heterocycles. The topological polar surface area (TPSA) is 109 Å². The number of anilines is 1. The molecular weight excluding hydrogens is 450 g/mol. The van der Waals surface area contributed by atoms with Gasteiger partial charge in [-0.3, -0.25) is 14.2 Å². The molecule has 10 heteroatoms. The summed E-state index contributed by atoms with van der Waals surface area (Å²) in [6, 6.07) is 5.98. The molecule has 2 aliphatic rings. The third kappa shape index (κ3) is 3.86. The number of fused-ring (bicyclic) bond motifs is 1. The number of ether oxygens (including phenoxy) is 2. The number of hydrogen-bond acceptors (Lipinski definition) is 7. The van der Waals surface area contributed by atoms with Crippen LogP contribution < -0.4 is 15.2 Å². The van der Waals surface area contributed by atoms with E-state index < -0.39 is 11.5 Å². The molecule has 1 amide bonds. The first-order valence-corrected chi connectivity index (χ1v) is 12.2. The normalized spacial score (nSPS) is 16.1. The van der Waals surface area contributed by atoms with Crippen molar-refractivity contribution in [3.8, 4) is 17.4 Å². The molecule has 0 atom stereocenters. The lowest BCUT2D eigenvalue weighted by Crippen LogP contribution is -2.28. The number of esters is 1. The van der Waals surface area contributed by atoms with E-state index in [1.54, 1.807) is 25.8 Å². The Morgan fingerprint density at radius 2 is 1.89 bits per heavy atom.